The van der Waals surface area contributed by atoms with Gasteiger partial charge in [0.15, 0.2) is 6.61 Å². The van der Waals surface area contributed by atoms with Crippen LogP contribution in [-0.2, 0) is 16.0 Å². The summed E-state index contributed by atoms with van der Waals surface area (Å²) in [5.41, 5.74) is 1.85. The van der Waals surface area contributed by atoms with Crippen molar-refractivity contribution in [2.75, 3.05) is 13.2 Å². The predicted octanol–water partition coefficient (Wildman–Crippen LogP) is 4.84. The summed E-state index contributed by atoms with van der Waals surface area (Å²) in [6.07, 6.45) is 2.23. The van der Waals surface area contributed by atoms with Gasteiger partial charge in [0.2, 0.25) is 0 Å². The quantitative estimate of drug-likeness (QED) is 0.507. The number of benzene rings is 2. The number of hydrogen-bond donors (Lipinski definition) is 0. The van der Waals surface area contributed by atoms with Gasteiger partial charge in [0.25, 0.3) is 0 Å². The maximum Gasteiger partial charge on any atom is 0.344 e. The molecule has 0 radical (unpaired) electrons. The van der Waals surface area contributed by atoms with Gasteiger partial charge in [0.1, 0.15) is 29.7 Å². The number of aromatic nitrogens is 1. The van der Waals surface area contributed by atoms with E-state index in [0.29, 0.717) is 16.3 Å². The molecule has 3 rings (SSSR count). The molecule has 0 aliphatic heterocycles. The lowest BCUT2D eigenvalue weighted by Crippen LogP contribution is -2.25. The molecule has 6 heteroatoms. The van der Waals surface area contributed by atoms with Gasteiger partial charge in [-0.15, -0.1) is 0 Å². The Bertz CT molecular complexity index is 943. The van der Waals surface area contributed by atoms with Gasteiger partial charge < -0.3 is 14.2 Å². The molecule has 146 valence electrons. The van der Waals surface area contributed by atoms with Crippen molar-refractivity contribution in [3.63, 3.8) is 0 Å². The van der Waals surface area contributed by atoms with Crippen LogP contribution in [0.4, 0.5) is 0 Å². The molecule has 28 heavy (non-hydrogen) atoms. The van der Waals surface area contributed by atoms with Crippen LogP contribution in [0.1, 0.15) is 19.4 Å². The first-order valence-electron chi connectivity index (χ1n) is 9.14. The summed E-state index contributed by atoms with van der Waals surface area (Å²) in [6.45, 7) is 3.92. The Balaban J connectivity index is 1.49. The first-order valence-corrected chi connectivity index (χ1v) is 9.52. The zero-order valence-corrected chi connectivity index (χ0v) is 16.6. The van der Waals surface area contributed by atoms with E-state index in [4.69, 9.17) is 25.8 Å². The van der Waals surface area contributed by atoms with Gasteiger partial charge >= 0.3 is 5.97 Å². The van der Waals surface area contributed by atoms with Crippen molar-refractivity contribution >= 4 is 28.5 Å². The molecular formula is C22H22ClNO4. The molecule has 2 aromatic carbocycles. The Kier molecular flexibility index (Phi) is 6.71. The molecule has 1 unspecified atom stereocenters. The van der Waals surface area contributed by atoms with Crippen molar-refractivity contribution in [3.05, 3.63) is 65.3 Å². The van der Waals surface area contributed by atoms with Crippen LogP contribution in [0.25, 0.3) is 10.9 Å². The Morgan fingerprint density at radius 1 is 1.11 bits per heavy atom. The summed E-state index contributed by atoms with van der Waals surface area (Å²) >= 11 is 6.16. The zero-order chi connectivity index (χ0) is 19.9. The number of rotatable bonds is 8. The van der Waals surface area contributed by atoms with Crippen LogP contribution in [-0.4, -0.2) is 30.3 Å². The molecule has 3 aromatic rings. The van der Waals surface area contributed by atoms with E-state index in [0.717, 1.165) is 17.6 Å². The molecule has 0 fully saturated rings. The highest BCUT2D eigenvalue weighted by Gasteiger charge is 2.13. The Labute approximate surface area is 169 Å². The molecule has 0 saturated carbocycles. The van der Waals surface area contributed by atoms with E-state index in [1.54, 1.807) is 31.3 Å². The highest BCUT2D eigenvalue weighted by atomic mass is 35.5. The molecule has 1 atom stereocenters. The third-order valence-electron chi connectivity index (χ3n) is 4.17. The van der Waals surface area contributed by atoms with Gasteiger partial charge in [0.05, 0.1) is 5.02 Å². The number of ether oxygens (including phenoxy) is 3. The smallest absolute Gasteiger partial charge is 0.344 e. The van der Waals surface area contributed by atoms with E-state index >= 15 is 0 Å². The number of esters is 1. The Morgan fingerprint density at radius 2 is 1.89 bits per heavy atom. The van der Waals surface area contributed by atoms with Crippen LogP contribution in [0, 0.1) is 0 Å². The monoisotopic (exact) mass is 399 g/mol. The lowest BCUT2D eigenvalue weighted by Gasteiger charge is -2.15. The van der Waals surface area contributed by atoms with E-state index in [1.165, 1.54) is 5.56 Å². The highest BCUT2D eigenvalue weighted by Crippen LogP contribution is 2.29. The predicted molar refractivity (Wildman–Crippen MR) is 109 cm³/mol. The molecule has 5 nitrogen and oxygen atoms in total. The number of nitrogens with zero attached hydrogens (tertiary/aromatic N) is 1. The first kappa shape index (κ1) is 20.0. The standard InChI is InChI=1S/C22H22ClNO4/c1-3-16-6-8-17(9-7-16)26-13-15(2)28-21(25)14-27-20-11-10-19(23)18-5-4-12-24-22(18)20/h4-12,15H,3,13-14H2,1-2H3. The number of aryl methyl sites for hydroxylation is 1. The van der Waals surface area contributed by atoms with E-state index < -0.39 is 12.1 Å². The fourth-order valence-corrected chi connectivity index (χ4v) is 2.91. The number of pyridine rings is 1. The van der Waals surface area contributed by atoms with Crippen LogP contribution in [0.15, 0.2) is 54.7 Å². The third kappa shape index (κ3) is 5.14. The van der Waals surface area contributed by atoms with E-state index in [2.05, 4.69) is 11.9 Å². The highest BCUT2D eigenvalue weighted by molar-refractivity contribution is 6.35. The van der Waals surface area contributed by atoms with E-state index in [9.17, 15) is 4.79 Å². The van der Waals surface area contributed by atoms with E-state index in [1.807, 2.05) is 30.3 Å². The molecule has 0 spiro atoms. The van der Waals surface area contributed by atoms with E-state index in [-0.39, 0.29) is 13.2 Å². The summed E-state index contributed by atoms with van der Waals surface area (Å²) < 4.78 is 16.6. The average molecular weight is 400 g/mol. The maximum atomic E-state index is 12.1. The minimum Gasteiger partial charge on any atom is -0.490 e. The molecule has 1 aromatic heterocycles. The second-order valence-electron chi connectivity index (χ2n) is 6.34. The molecule has 0 aliphatic rings. The minimum atomic E-state index is -0.475. The SMILES string of the molecule is CCc1ccc(OCC(C)OC(=O)COc2ccc(Cl)c3cccnc23)cc1. The molecule has 1 heterocycles. The van der Waals surface area contributed by atoms with Crippen molar-refractivity contribution in [2.45, 2.75) is 26.4 Å². The van der Waals surface area contributed by atoms with Gasteiger partial charge in [-0.05, 0) is 55.3 Å². The number of carbonyl (C=O) groups excluding carboxylic acids is 1. The molecule has 0 aliphatic carbocycles. The topological polar surface area (TPSA) is 57.7 Å². The summed E-state index contributed by atoms with van der Waals surface area (Å²) in [7, 11) is 0. The van der Waals surface area contributed by atoms with Crippen LogP contribution in [0.2, 0.25) is 5.02 Å². The van der Waals surface area contributed by atoms with Gasteiger partial charge in [-0.25, -0.2) is 4.79 Å². The van der Waals surface area contributed by atoms with Crippen LogP contribution < -0.4 is 9.47 Å². The van der Waals surface area contributed by atoms with Crippen LogP contribution in [0.3, 0.4) is 0 Å². The zero-order valence-electron chi connectivity index (χ0n) is 15.9. The average Bonchev–Trinajstić information content (AvgIpc) is 2.72. The van der Waals surface area contributed by atoms with Gasteiger partial charge in [-0.3, -0.25) is 4.98 Å². The van der Waals surface area contributed by atoms with Crippen molar-refractivity contribution in [2.24, 2.45) is 0 Å². The Hall–Kier alpha value is -2.79. The summed E-state index contributed by atoms with van der Waals surface area (Å²) in [5.74, 6) is 0.753. The fraction of sp³-hybridized carbons (Fsp3) is 0.273. The maximum absolute atomic E-state index is 12.1. The van der Waals surface area contributed by atoms with Gasteiger partial charge in [-0.1, -0.05) is 30.7 Å². The second-order valence-corrected chi connectivity index (χ2v) is 6.75. The summed E-state index contributed by atoms with van der Waals surface area (Å²) in [6, 6.07) is 14.9. The number of carbonyl (C=O) groups is 1. The summed E-state index contributed by atoms with van der Waals surface area (Å²) in [4.78, 5) is 16.4. The largest absolute Gasteiger partial charge is 0.490 e. The molecular weight excluding hydrogens is 378 g/mol. The normalized spacial score (nSPS) is 11.8. The van der Waals surface area contributed by atoms with Crippen molar-refractivity contribution < 1.29 is 19.0 Å². The third-order valence-corrected chi connectivity index (χ3v) is 4.50. The molecule has 0 amide bonds. The summed E-state index contributed by atoms with van der Waals surface area (Å²) in [5, 5.41) is 1.35. The van der Waals surface area contributed by atoms with Gasteiger partial charge in [-0.2, -0.15) is 0 Å². The molecule has 0 N–H and O–H groups in total. The number of fused-ring (bicyclic) bond motifs is 1. The molecule has 0 saturated heterocycles. The second kappa shape index (κ2) is 9.42. The van der Waals surface area contributed by atoms with Crippen molar-refractivity contribution in [3.8, 4) is 11.5 Å². The minimum absolute atomic E-state index is 0.219. The first-order chi connectivity index (χ1) is 13.6. The number of halogens is 1. The van der Waals surface area contributed by atoms with Crippen molar-refractivity contribution in [1.82, 2.24) is 4.98 Å². The lowest BCUT2D eigenvalue weighted by atomic mass is 10.2. The van der Waals surface area contributed by atoms with Crippen molar-refractivity contribution in [1.29, 1.82) is 0 Å². The van der Waals surface area contributed by atoms with Crippen LogP contribution >= 0.6 is 11.6 Å². The Morgan fingerprint density at radius 3 is 2.64 bits per heavy atom. The van der Waals surface area contributed by atoms with Crippen LogP contribution in [0.5, 0.6) is 11.5 Å². The molecule has 0 bridgehead atoms. The fourth-order valence-electron chi connectivity index (χ4n) is 2.69. The lowest BCUT2D eigenvalue weighted by molar-refractivity contribution is -0.151. The van der Waals surface area contributed by atoms with Gasteiger partial charge in [0, 0.05) is 11.6 Å². The number of hydrogen-bond acceptors (Lipinski definition) is 5.